The molecule has 1 N–H and O–H groups in total. The minimum Gasteiger partial charge on any atom is -0.478 e. The third-order valence-corrected chi connectivity index (χ3v) is 4.30. The van der Waals surface area contributed by atoms with E-state index >= 15 is 0 Å². The van der Waals surface area contributed by atoms with E-state index in [1.54, 1.807) is 18.2 Å². The van der Waals surface area contributed by atoms with Crippen molar-refractivity contribution in [1.29, 1.82) is 0 Å². The average Bonchev–Trinajstić information content (AvgIpc) is 2.92. The van der Waals surface area contributed by atoms with Gasteiger partial charge < -0.3 is 10.0 Å². The number of carbonyl (C=O) groups excluding carboxylic acids is 1. The van der Waals surface area contributed by atoms with Crippen molar-refractivity contribution in [1.82, 2.24) is 4.90 Å². The molecule has 1 fully saturated rings. The van der Waals surface area contributed by atoms with Crippen molar-refractivity contribution in [3.05, 3.63) is 35.4 Å². The molecular formula is C18H25NO3. The van der Waals surface area contributed by atoms with E-state index in [4.69, 9.17) is 5.11 Å². The summed E-state index contributed by atoms with van der Waals surface area (Å²) < 4.78 is 0. The first-order valence-electron chi connectivity index (χ1n) is 8.06. The molecule has 4 heteroatoms. The maximum absolute atomic E-state index is 12.3. The predicted molar refractivity (Wildman–Crippen MR) is 85.9 cm³/mol. The molecule has 1 atom stereocenters. The highest BCUT2D eigenvalue weighted by atomic mass is 16.4. The van der Waals surface area contributed by atoms with Crippen molar-refractivity contribution < 1.29 is 14.7 Å². The van der Waals surface area contributed by atoms with Gasteiger partial charge in [-0.2, -0.15) is 0 Å². The second-order valence-electron chi connectivity index (χ2n) is 6.59. The zero-order valence-electron chi connectivity index (χ0n) is 13.4. The number of carbonyl (C=O) groups is 2. The maximum Gasteiger partial charge on any atom is 0.335 e. The number of carboxylic acid groups (broad SMARTS) is 1. The molecule has 1 amide bonds. The second-order valence-corrected chi connectivity index (χ2v) is 6.59. The number of likely N-dealkylation sites (tertiary alicyclic amines) is 1. The molecular weight excluding hydrogens is 278 g/mol. The number of aryl methyl sites for hydroxylation is 1. The van der Waals surface area contributed by atoms with Crippen LogP contribution in [-0.2, 0) is 11.2 Å². The van der Waals surface area contributed by atoms with Gasteiger partial charge in [-0.1, -0.05) is 32.0 Å². The molecule has 0 saturated carbocycles. The van der Waals surface area contributed by atoms with Crippen LogP contribution in [0, 0.1) is 11.8 Å². The van der Waals surface area contributed by atoms with E-state index in [1.807, 2.05) is 11.0 Å². The highest BCUT2D eigenvalue weighted by Gasteiger charge is 2.26. The van der Waals surface area contributed by atoms with Gasteiger partial charge in [-0.15, -0.1) is 0 Å². The summed E-state index contributed by atoms with van der Waals surface area (Å²) >= 11 is 0. The lowest BCUT2D eigenvalue weighted by molar-refractivity contribution is -0.130. The van der Waals surface area contributed by atoms with Gasteiger partial charge in [0.25, 0.3) is 0 Å². The SMILES string of the molecule is CC(C)CC1CCN(C(=O)CCc2ccccc2C(=O)O)C1. The van der Waals surface area contributed by atoms with Crippen molar-refractivity contribution in [2.24, 2.45) is 11.8 Å². The molecule has 1 heterocycles. The van der Waals surface area contributed by atoms with Crippen LogP contribution in [0.4, 0.5) is 0 Å². The standard InChI is InChI=1S/C18H25NO3/c1-13(2)11-14-9-10-19(12-14)17(20)8-7-15-5-3-4-6-16(15)18(21)22/h3-6,13-14H,7-12H2,1-2H3,(H,21,22). The first-order chi connectivity index (χ1) is 10.5. The van der Waals surface area contributed by atoms with E-state index in [2.05, 4.69) is 13.8 Å². The molecule has 2 rings (SSSR count). The molecule has 22 heavy (non-hydrogen) atoms. The van der Waals surface area contributed by atoms with E-state index in [-0.39, 0.29) is 5.91 Å². The molecule has 0 aliphatic carbocycles. The number of hydrogen-bond acceptors (Lipinski definition) is 2. The smallest absolute Gasteiger partial charge is 0.335 e. The Labute approximate surface area is 132 Å². The van der Waals surface area contributed by atoms with E-state index in [9.17, 15) is 9.59 Å². The van der Waals surface area contributed by atoms with Crippen LogP contribution in [0.25, 0.3) is 0 Å². The Balaban J connectivity index is 1.88. The number of amides is 1. The maximum atomic E-state index is 12.3. The lowest BCUT2D eigenvalue weighted by atomic mass is 9.97. The first kappa shape index (κ1) is 16.5. The summed E-state index contributed by atoms with van der Waals surface area (Å²) in [6, 6.07) is 6.92. The number of aromatic carboxylic acids is 1. The van der Waals surface area contributed by atoms with Crippen molar-refractivity contribution in [2.45, 2.75) is 39.5 Å². The number of hydrogen-bond donors (Lipinski definition) is 1. The summed E-state index contributed by atoms with van der Waals surface area (Å²) in [4.78, 5) is 25.4. The number of rotatable bonds is 6. The summed E-state index contributed by atoms with van der Waals surface area (Å²) in [5.41, 5.74) is 1.04. The van der Waals surface area contributed by atoms with Gasteiger partial charge in [-0.3, -0.25) is 4.79 Å². The Morgan fingerprint density at radius 2 is 2.05 bits per heavy atom. The highest BCUT2D eigenvalue weighted by molar-refractivity contribution is 5.89. The van der Waals surface area contributed by atoms with Crippen molar-refractivity contribution in [2.75, 3.05) is 13.1 Å². The van der Waals surface area contributed by atoms with Gasteiger partial charge in [0.1, 0.15) is 0 Å². The highest BCUT2D eigenvalue weighted by Crippen LogP contribution is 2.24. The molecule has 0 radical (unpaired) electrons. The lowest BCUT2D eigenvalue weighted by Crippen LogP contribution is -2.29. The van der Waals surface area contributed by atoms with Crippen LogP contribution in [0.15, 0.2) is 24.3 Å². The van der Waals surface area contributed by atoms with E-state index < -0.39 is 5.97 Å². The largest absolute Gasteiger partial charge is 0.478 e. The zero-order chi connectivity index (χ0) is 16.1. The minimum atomic E-state index is -0.929. The minimum absolute atomic E-state index is 0.145. The normalized spacial score (nSPS) is 18.0. The lowest BCUT2D eigenvalue weighted by Gasteiger charge is -2.17. The van der Waals surface area contributed by atoms with Gasteiger partial charge in [0.2, 0.25) is 5.91 Å². The Morgan fingerprint density at radius 3 is 2.73 bits per heavy atom. The first-order valence-corrected chi connectivity index (χ1v) is 8.06. The number of benzene rings is 1. The average molecular weight is 303 g/mol. The molecule has 1 unspecified atom stereocenters. The van der Waals surface area contributed by atoms with Crippen LogP contribution in [0.2, 0.25) is 0 Å². The monoisotopic (exact) mass is 303 g/mol. The van der Waals surface area contributed by atoms with Crippen LogP contribution in [0.3, 0.4) is 0 Å². The fraction of sp³-hybridized carbons (Fsp3) is 0.556. The number of carboxylic acids is 1. The third-order valence-electron chi connectivity index (χ3n) is 4.30. The number of nitrogens with zero attached hydrogens (tertiary/aromatic N) is 1. The Kier molecular flexibility index (Phi) is 5.58. The molecule has 1 aromatic carbocycles. The summed E-state index contributed by atoms with van der Waals surface area (Å²) in [6.07, 6.45) is 3.15. The van der Waals surface area contributed by atoms with Gasteiger partial charge in [-0.05, 0) is 42.7 Å². The summed E-state index contributed by atoms with van der Waals surface area (Å²) in [5, 5.41) is 9.17. The quantitative estimate of drug-likeness (QED) is 0.878. The molecule has 1 aliphatic heterocycles. The second kappa shape index (κ2) is 7.43. The van der Waals surface area contributed by atoms with Crippen LogP contribution < -0.4 is 0 Å². The summed E-state index contributed by atoms with van der Waals surface area (Å²) in [7, 11) is 0. The van der Waals surface area contributed by atoms with Gasteiger partial charge in [0.15, 0.2) is 0 Å². The van der Waals surface area contributed by atoms with Crippen molar-refractivity contribution in [3.63, 3.8) is 0 Å². The van der Waals surface area contributed by atoms with Gasteiger partial charge >= 0.3 is 5.97 Å². The molecule has 0 bridgehead atoms. The molecule has 0 aromatic heterocycles. The van der Waals surface area contributed by atoms with E-state index in [0.29, 0.717) is 30.2 Å². The molecule has 1 aliphatic rings. The predicted octanol–water partition coefficient (Wildman–Crippen LogP) is 3.21. The molecule has 120 valence electrons. The van der Waals surface area contributed by atoms with Crippen molar-refractivity contribution in [3.8, 4) is 0 Å². The fourth-order valence-electron chi connectivity index (χ4n) is 3.26. The van der Waals surface area contributed by atoms with E-state index in [0.717, 1.165) is 25.1 Å². The van der Waals surface area contributed by atoms with Gasteiger partial charge in [0, 0.05) is 19.5 Å². The molecule has 0 spiro atoms. The topological polar surface area (TPSA) is 57.6 Å². The molecule has 1 saturated heterocycles. The Bertz CT molecular complexity index is 539. The van der Waals surface area contributed by atoms with Crippen molar-refractivity contribution >= 4 is 11.9 Å². The Morgan fingerprint density at radius 1 is 1.32 bits per heavy atom. The van der Waals surface area contributed by atoms with Crippen LogP contribution in [0.1, 0.15) is 49.0 Å². The third kappa shape index (κ3) is 4.33. The van der Waals surface area contributed by atoms with Crippen LogP contribution in [-0.4, -0.2) is 35.0 Å². The van der Waals surface area contributed by atoms with Gasteiger partial charge in [0.05, 0.1) is 5.56 Å². The summed E-state index contributed by atoms with van der Waals surface area (Å²) in [5.74, 6) is 0.505. The Hall–Kier alpha value is -1.84. The van der Waals surface area contributed by atoms with Crippen LogP contribution >= 0.6 is 0 Å². The molecule has 1 aromatic rings. The van der Waals surface area contributed by atoms with Crippen LogP contribution in [0.5, 0.6) is 0 Å². The fourth-order valence-corrected chi connectivity index (χ4v) is 3.26. The molecule has 4 nitrogen and oxygen atoms in total. The zero-order valence-corrected chi connectivity index (χ0v) is 13.4. The van der Waals surface area contributed by atoms with Gasteiger partial charge in [-0.25, -0.2) is 4.79 Å². The van der Waals surface area contributed by atoms with E-state index in [1.165, 1.54) is 6.42 Å². The summed E-state index contributed by atoms with van der Waals surface area (Å²) in [6.45, 7) is 6.13.